The minimum Gasteiger partial charge on any atom is -0.493 e. The van der Waals surface area contributed by atoms with Crippen molar-refractivity contribution in [2.45, 2.75) is 0 Å². The van der Waals surface area contributed by atoms with Crippen LogP contribution in [0.4, 0.5) is 0 Å². The fourth-order valence-corrected chi connectivity index (χ4v) is 1.53. The lowest BCUT2D eigenvalue weighted by molar-refractivity contribution is -0.131. The lowest BCUT2D eigenvalue weighted by Crippen LogP contribution is -2.03. The van der Waals surface area contributed by atoms with Crippen molar-refractivity contribution in [2.75, 3.05) is 21.3 Å². The molecule has 0 amide bonds. The highest BCUT2D eigenvalue weighted by atomic mass is 16.5. The van der Waals surface area contributed by atoms with Gasteiger partial charge in [-0.15, -0.1) is 0 Å². The van der Waals surface area contributed by atoms with Gasteiger partial charge in [0.15, 0.2) is 17.3 Å². The standard InChI is InChI=1S/C13H14O6/c1-17-10-6-4-8(9(14)5-7-11(15)16)12(18-2)13(10)19-3/h4-7H,1-3H3,(H,15,16)/b7-5+. The summed E-state index contributed by atoms with van der Waals surface area (Å²) in [5.41, 5.74) is 0.192. The molecule has 0 saturated heterocycles. The Morgan fingerprint density at radius 1 is 1.00 bits per heavy atom. The third-order valence-corrected chi connectivity index (χ3v) is 2.35. The quantitative estimate of drug-likeness (QED) is 0.621. The average Bonchev–Trinajstić information content (AvgIpc) is 2.42. The summed E-state index contributed by atoms with van der Waals surface area (Å²) < 4.78 is 15.3. The minimum atomic E-state index is -1.20. The third-order valence-electron chi connectivity index (χ3n) is 2.35. The summed E-state index contributed by atoms with van der Waals surface area (Å²) in [7, 11) is 4.26. The van der Waals surface area contributed by atoms with Crippen LogP contribution in [0, 0.1) is 0 Å². The third kappa shape index (κ3) is 3.25. The van der Waals surface area contributed by atoms with Crippen LogP contribution in [-0.4, -0.2) is 38.2 Å². The summed E-state index contributed by atoms with van der Waals surface area (Å²) in [6.45, 7) is 0. The number of hydrogen-bond donors (Lipinski definition) is 1. The van der Waals surface area contributed by atoms with Crippen molar-refractivity contribution in [1.82, 2.24) is 0 Å². The van der Waals surface area contributed by atoms with Gasteiger partial charge >= 0.3 is 5.97 Å². The average molecular weight is 266 g/mol. The van der Waals surface area contributed by atoms with E-state index in [9.17, 15) is 9.59 Å². The molecule has 1 N–H and O–H groups in total. The molecule has 6 nitrogen and oxygen atoms in total. The first-order valence-electron chi connectivity index (χ1n) is 5.29. The first-order valence-corrected chi connectivity index (χ1v) is 5.29. The molecule has 6 heteroatoms. The summed E-state index contributed by atoms with van der Waals surface area (Å²) in [6.07, 6.45) is 1.71. The van der Waals surface area contributed by atoms with Gasteiger partial charge in [0.25, 0.3) is 0 Å². The van der Waals surface area contributed by atoms with Crippen molar-refractivity contribution in [3.8, 4) is 17.2 Å². The highest BCUT2D eigenvalue weighted by molar-refractivity contribution is 6.09. The van der Waals surface area contributed by atoms with Crippen molar-refractivity contribution in [3.63, 3.8) is 0 Å². The number of allylic oxidation sites excluding steroid dienone is 1. The van der Waals surface area contributed by atoms with Crippen molar-refractivity contribution in [3.05, 3.63) is 29.8 Å². The van der Waals surface area contributed by atoms with E-state index in [2.05, 4.69) is 0 Å². The summed E-state index contributed by atoms with van der Waals surface area (Å²) in [5, 5.41) is 8.50. The smallest absolute Gasteiger partial charge is 0.328 e. The Bertz CT molecular complexity index is 518. The van der Waals surface area contributed by atoms with Gasteiger partial charge in [-0.2, -0.15) is 0 Å². The maximum absolute atomic E-state index is 11.9. The Morgan fingerprint density at radius 2 is 1.63 bits per heavy atom. The van der Waals surface area contributed by atoms with E-state index in [1.54, 1.807) is 6.07 Å². The zero-order valence-electron chi connectivity index (χ0n) is 10.8. The van der Waals surface area contributed by atoms with E-state index in [-0.39, 0.29) is 17.1 Å². The predicted molar refractivity (Wildman–Crippen MR) is 67.2 cm³/mol. The number of ether oxygens (including phenoxy) is 3. The van der Waals surface area contributed by atoms with Crippen molar-refractivity contribution < 1.29 is 28.9 Å². The molecule has 0 spiro atoms. The van der Waals surface area contributed by atoms with Crippen molar-refractivity contribution >= 4 is 11.8 Å². The SMILES string of the molecule is COc1ccc(C(=O)/C=C/C(=O)O)c(OC)c1OC. The second kappa shape index (κ2) is 6.44. The molecule has 0 radical (unpaired) electrons. The maximum Gasteiger partial charge on any atom is 0.328 e. The molecule has 1 aromatic carbocycles. The van der Waals surface area contributed by atoms with Crippen LogP contribution in [-0.2, 0) is 4.79 Å². The molecule has 0 aromatic heterocycles. The van der Waals surface area contributed by atoms with Crippen molar-refractivity contribution in [1.29, 1.82) is 0 Å². The number of methoxy groups -OCH3 is 3. The Morgan fingerprint density at radius 3 is 2.11 bits per heavy atom. The lowest BCUT2D eigenvalue weighted by Gasteiger charge is -2.14. The number of benzene rings is 1. The molecule has 102 valence electrons. The summed E-state index contributed by atoms with van der Waals surface area (Å²) in [4.78, 5) is 22.3. The number of aliphatic carboxylic acids is 1. The zero-order chi connectivity index (χ0) is 14.4. The van der Waals surface area contributed by atoms with Gasteiger partial charge in [0.2, 0.25) is 5.75 Å². The van der Waals surface area contributed by atoms with Gasteiger partial charge < -0.3 is 19.3 Å². The molecular formula is C13H14O6. The zero-order valence-corrected chi connectivity index (χ0v) is 10.8. The monoisotopic (exact) mass is 266 g/mol. The van der Waals surface area contributed by atoms with E-state index in [1.165, 1.54) is 27.4 Å². The maximum atomic E-state index is 11.9. The molecular weight excluding hydrogens is 252 g/mol. The summed E-state index contributed by atoms with van der Waals surface area (Å²) in [6, 6.07) is 3.03. The van der Waals surface area contributed by atoms with Crippen LogP contribution in [0.2, 0.25) is 0 Å². The number of carbonyl (C=O) groups excluding carboxylic acids is 1. The van der Waals surface area contributed by atoms with Gasteiger partial charge in [0.1, 0.15) is 0 Å². The van der Waals surface area contributed by atoms with Crippen LogP contribution in [0.1, 0.15) is 10.4 Å². The van der Waals surface area contributed by atoms with Crippen LogP contribution in [0.5, 0.6) is 17.2 Å². The van der Waals surface area contributed by atoms with Crippen molar-refractivity contribution in [2.24, 2.45) is 0 Å². The first kappa shape index (κ1) is 14.6. The molecule has 19 heavy (non-hydrogen) atoms. The van der Waals surface area contributed by atoms with Gasteiger partial charge in [-0.25, -0.2) is 4.79 Å². The topological polar surface area (TPSA) is 82.1 Å². The first-order chi connectivity index (χ1) is 9.04. The number of ketones is 1. The number of rotatable bonds is 6. The largest absolute Gasteiger partial charge is 0.493 e. The molecule has 0 aliphatic rings. The van der Waals surface area contributed by atoms with E-state index in [0.717, 1.165) is 12.2 Å². The Hall–Kier alpha value is -2.50. The fraction of sp³-hybridized carbons (Fsp3) is 0.231. The Kier molecular flexibility index (Phi) is 4.93. The number of carboxylic acid groups (broad SMARTS) is 1. The molecule has 0 fully saturated rings. The molecule has 1 rings (SSSR count). The van der Waals surface area contributed by atoms with Gasteiger partial charge in [-0.05, 0) is 18.2 Å². The van der Waals surface area contributed by atoms with Gasteiger partial charge in [0, 0.05) is 6.08 Å². The van der Waals surface area contributed by atoms with Gasteiger partial charge in [-0.1, -0.05) is 0 Å². The molecule has 0 saturated carbocycles. The second-order valence-corrected chi connectivity index (χ2v) is 3.42. The number of carboxylic acids is 1. The molecule has 0 unspecified atom stereocenters. The molecule has 0 aliphatic carbocycles. The Balaban J connectivity index is 3.28. The van der Waals surface area contributed by atoms with E-state index in [0.29, 0.717) is 5.75 Å². The summed E-state index contributed by atoms with van der Waals surface area (Å²) >= 11 is 0. The highest BCUT2D eigenvalue weighted by Gasteiger charge is 2.19. The van der Waals surface area contributed by atoms with Gasteiger partial charge in [-0.3, -0.25) is 4.79 Å². The molecule has 0 atom stereocenters. The molecule has 0 aliphatic heterocycles. The summed E-state index contributed by atoms with van der Waals surface area (Å²) in [5.74, 6) is -0.812. The number of hydrogen-bond acceptors (Lipinski definition) is 5. The van der Waals surface area contributed by atoms with Crippen LogP contribution < -0.4 is 14.2 Å². The van der Waals surface area contributed by atoms with E-state index in [4.69, 9.17) is 19.3 Å². The lowest BCUT2D eigenvalue weighted by atomic mass is 10.1. The van der Waals surface area contributed by atoms with Crippen LogP contribution in [0.15, 0.2) is 24.3 Å². The Labute approximate surface area is 110 Å². The number of carbonyl (C=O) groups is 2. The van der Waals surface area contributed by atoms with Crippen LogP contribution in [0.25, 0.3) is 0 Å². The molecule has 0 heterocycles. The fourth-order valence-electron chi connectivity index (χ4n) is 1.53. The van der Waals surface area contributed by atoms with E-state index < -0.39 is 11.8 Å². The second-order valence-electron chi connectivity index (χ2n) is 3.42. The minimum absolute atomic E-state index is 0.192. The normalized spacial score (nSPS) is 10.3. The van der Waals surface area contributed by atoms with Crippen LogP contribution >= 0.6 is 0 Å². The van der Waals surface area contributed by atoms with E-state index >= 15 is 0 Å². The molecule has 0 bridgehead atoms. The predicted octanol–water partition coefficient (Wildman–Crippen LogP) is 1.54. The van der Waals surface area contributed by atoms with Crippen LogP contribution in [0.3, 0.4) is 0 Å². The van der Waals surface area contributed by atoms with E-state index in [1.807, 2.05) is 0 Å². The highest BCUT2D eigenvalue weighted by Crippen LogP contribution is 2.39. The van der Waals surface area contributed by atoms with Gasteiger partial charge in [0.05, 0.1) is 26.9 Å². The molecule has 1 aromatic rings.